The molecule has 0 amide bonds. The SMILES string of the molecule is Cc1ccc(-c2ccc3nc(N4CC[C@@H](N5CCCCC5)C4)sc3c2)c(C)n1. The van der Waals surface area contributed by atoms with Gasteiger partial charge in [0.15, 0.2) is 5.13 Å². The van der Waals surface area contributed by atoms with Crippen LogP contribution in [0.1, 0.15) is 37.1 Å². The molecular formula is C23H28N4S. The first kappa shape index (κ1) is 18.1. The third-order valence-electron chi connectivity index (χ3n) is 6.25. The minimum Gasteiger partial charge on any atom is -0.346 e. The van der Waals surface area contributed by atoms with Crippen molar-refractivity contribution in [2.75, 3.05) is 31.1 Å². The first-order valence-corrected chi connectivity index (χ1v) is 11.3. The second kappa shape index (κ2) is 7.45. The van der Waals surface area contributed by atoms with Gasteiger partial charge in [0.25, 0.3) is 0 Å². The van der Waals surface area contributed by atoms with E-state index < -0.39 is 0 Å². The highest BCUT2D eigenvalue weighted by atomic mass is 32.1. The third-order valence-corrected chi connectivity index (χ3v) is 7.33. The van der Waals surface area contributed by atoms with E-state index in [9.17, 15) is 0 Å². The predicted molar refractivity (Wildman–Crippen MR) is 118 cm³/mol. The summed E-state index contributed by atoms with van der Waals surface area (Å²) in [5.41, 5.74) is 5.73. The van der Waals surface area contributed by atoms with E-state index in [1.165, 1.54) is 59.7 Å². The lowest BCUT2D eigenvalue weighted by Crippen LogP contribution is -2.40. The summed E-state index contributed by atoms with van der Waals surface area (Å²) >= 11 is 1.84. The van der Waals surface area contributed by atoms with Crippen molar-refractivity contribution >= 4 is 26.7 Å². The van der Waals surface area contributed by atoms with Crippen molar-refractivity contribution in [3.8, 4) is 11.1 Å². The van der Waals surface area contributed by atoms with E-state index in [1.54, 1.807) is 0 Å². The summed E-state index contributed by atoms with van der Waals surface area (Å²) in [6, 6.07) is 11.6. The summed E-state index contributed by atoms with van der Waals surface area (Å²) in [4.78, 5) is 14.8. The molecule has 0 N–H and O–H groups in total. The monoisotopic (exact) mass is 392 g/mol. The van der Waals surface area contributed by atoms with Crippen LogP contribution in [0.25, 0.3) is 21.3 Å². The number of pyridine rings is 1. The molecule has 4 heterocycles. The Morgan fingerprint density at radius 3 is 2.64 bits per heavy atom. The number of likely N-dealkylation sites (tertiary alicyclic amines) is 1. The summed E-state index contributed by atoms with van der Waals surface area (Å²) in [5, 5.41) is 1.19. The summed E-state index contributed by atoms with van der Waals surface area (Å²) < 4.78 is 1.27. The number of fused-ring (bicyclic) bond motifs is 1. The molecule has 3 aromatic rings. The van der Waals surface area contributed by atoms with E-state index in [0.29, 0.717) is 6.04 Å². The molecule has 5 heteroatoms. The molecule has 0 saturated carbocycles. The van der Waals surface area contributed by atoms with Crippen molar-refractivity contribution in [3.05, 3.63) is 41.7 Å². The number of aromatic nitrogens is 2. The maximum atomic E-state index is 4.96. The fourth-order valence-electron chi connectivity index (χ4n) is 4.70. The average Bonchev–Trinajstić information content (AvgIpc) is 3.35. The van der Waals surface area contributed by atoms with E-state index in [2.05, 4.69) is 52.0 Å². The average molecular weight is 393 g/mol. The number of thiazole rings is 1. The highest BCUT2D eigenvalue weighted by Crippen LogP contribution is 2.35. The number of aryl methyl sites for hydroxylation is 2. The number of rotatable bonds is 3. The van der Waals surface area contributed by atoms with Gasteiger partial charge in [-0.25, -0.2) is 4.98 Å². The predicted octanol–water partition coefficient (Wildman–Crippen LogP) is 5.04. The Kier molecular flexibility index (Phi) is 4.81. The molecule has 0 bridgehead atoms. The van der Waals surface area contributed by atoms with Crippen LogP contribution in [0.3, 0.4) is 0 Å². The topological polar surface area (TPSA) is 32.3 Å². The number of nitrogens with zero attached hydrogens (tertiary/aromatic N) is 4. The van der Waals surface area contributed by atoms with E-state index in [-0.39, 0.29) is 0 Å². The molecule has 2 aliphatic rings. The second-order valence-electron chi connectivity index (χ2n) is 8.25. The van der Waals surface area contributed by atoms with Crippen molar-refractivity contribution in [2.24, 2.45) is 0 Å². The fraction of sp³-hybridized carbons (Fsp3) is 0.478. The van der Waals surface area contributed by atoms with Crippen LogP contribution in [0.2, 0.25) is 0 Å². The fourth-order valence-corrected chi connectivity index (χ4v) is 5.74. The normalized spacial score (nSPS) is 20.9. The van der Waals surface area contributed by atoms with Crippen molar-refractivity contribution in [1.82, 2.24) is 14.9 Å². The van der Waals surface area contributed by atoms with Gasteiger partial charge in [-0.15, -0.1) is 0 Å². The van der Waals surface area contributed by atoms with Crippen molar-refractivity contribution in [1.29, 1.82) is 0 Å². The lowest BCUT2D eigenvalue weighted by Gasteiger charge is -2.32. The molecule has 0 spiro atoms. The number of hydrogen-bond acceptors (Lipinski definition) is 5. The standard InChI is InChI=1S/C23H28N4S/c1-16-6-8-20(17(2)24-16)18-7-9-21-22(14-18)28-23(25-21)27-13-10-19(15-27)26-11-4-3-5-12-26/h6-9,14,19H,3-5,10-13,15H2,1-2H3/t19-/m1/s1. The van der Waals surface area contributed by atoms with Gasteiger partial charge in [-0.05, 0) is 70.0 Å². The van der Waals surface area contributed by atoms with E-state index in [4.69, 9.17) is 4.98 Å². The smallest absolute Gasteiger partial charge is 0.186 e. The number of anilines is 1. The summed E-state index contributed by atoms with van der Waals surface area (Å²) in [6.07, 6.45) is 5.42. The molecule has 2 aliphatic heterocycles. The maximum absolute atomic E-state index is 4.96. The summed E-state index contributed by atoms with van der Waals surface area (Å²) in [5.74, 6) is 0. The Morgan fingerprint density at radius 1 is 0.964 bits per heavy atom. The molecule has 2 aromatic heterocycles. The number of benzene rings is 1. The molecule has 146 valence electrons. The number of hydrogen-bond donors (Lipinski definition) is 0. The zero-order valence-corrected chi connectivity index (χ0v) is 17.6. The van der Waals surface area contributed by atoms with E-state index in [0.717, 1.165) is 30.0 Å². The Bertz CT molecular complexity index is 989. The molecule has 0 unspecified atom stereocenters. The molecule has 5 rings (SSSR count). The summed E-state index contributed by atoms with van der Waals surface area (Å²) in [7, 11) is 0. The van der Waals surface area contributed by atoms with Crippen LogP contribution in [-0.2, 0) is 0 Å². The molecule has 1 aromatic carbocycles. The van der Waals surface area contributed by atoms with Gasteiger partial charge in [0.05, 0.1) is 10.2 Å². The zero-order chi connectivity index (χ0) is 19.1. The van der Waals surface area contributed by atoms with Gasteiger partial charge < -0.3 is 4.90 Å². The van der Waals surface area contributed by atoms with Crippen molar-refractivity contribution in [3.63, 3.8) is 0 Å². The Morgan fingerprint density at radius 2 is 1.82 bits per heavy atom. The summed E-state index contributed by atoms with van der Waals surface area (Å²) in [6.45, 7) is 8.97. The second-order valence-corrected chi connectivity index (χ2v) is 9.26. The molecule has 2 saturated heterocycles. The van der Waals surface area contributed by atoms with E-state index >= 15 is 0 Å². The van der Waals surface area contributed by atoms with Gasteiger partial charge in [0, 0.05) is 36.1 Å². The number of piperidine rings is 1. The Balaban J connectivity index is 1.38. The van der Waals surface area contributed by atoms with Crippen LogP contribution in [0, 0.1) is 13.8 Å². The molecule has 28 heavy (non-hydrogen) atoms. The van der Waals surface area contributed by atoms with Crippen molar-refractivity contribution < 1.29 is 0 Å². The Hall–Kier alpha value is -1.98. The van der Waals surface area contributed by atoms with Gasteiger partial charge in [-0.2, -0.15) is 0 Å². The van der Waals surface area contributed by atoms with Crippen LogP contribution in [0.5, 0.6) is 0 Å². The van der Waals surface area contributed by atoms with Gasteiger partial charge in [0.2, 0.25) is 0 Å². The van der Waals surface area contributed by atoms with E-state index in [1.807, 2.05) is 18.3 Å². The quantitative estimate of drug-likeness (QED) is 0.625. The Labute approximate surface area is 171 Å². The van der Waals surface area contributed by atoms with Crippen LogP contribution in [-0.4, -0.2) is 47.1 Å². The van der Waals surface area contributed by atoms with Gasteiger partial charge in [-0.3, -0.25) is 9.88 Å². The lowest BCUT2D eigenvalue weighted by atomic mass is 10.0. The minimum absolute atomic E-state index is 0.712. The van der Waals surface area contributed by atoms with Crippen LogP contribution in [0.15, 0.2) is 30.3 Å². The lowest BCUT2D eigenvalue weighted by molar-refractivity contribution is 0.175. The molecular weight excluding hydrogens is 364 g/mol. The molecule has 0 radical (unpaired) electrons. The van der Waals surface area contributed by atoms with Crippen molar-refractivity contribution in [2.45, 2.75) is 45.6 Å². The first-order chi connectivity index (χ1) is 13.7. The highest BCUT2D eigenvalue weighted by Gasteiger charge is 2.29. The van der Waals surface area contributed by atoms with Gasteiger partial charge in [0.1, 0.15) is 0 Å². The largest absolute Gasteiger partial charge is 0.346 e. The molecule has 4 nitrogen and oxygen atoms in total. The van der Waals surface area contributed by atoms with Crippen LogP contribution < -0.4 is 4.90 Å². The van der Waals surface area contributed by atoms with Crippen LogP contribution in [0.4, 0.5) is 5.13 Å². The minimum atomic E-state index is 0.712. The van der Waals surface area contributed by atoms with Gasteiger partial charge >= 0.3 is 0 Å². The zero-order valence-electron chi connectivity index (χ0n) is 16.8. The van der Waals surface area contributed by atoms with Gasteiger partial charge in [-0.1, -0.05) is 29.9 Å². The third kappa shape index (κ3) is 3.42. The molecule has 2 fully saturated rings. The molecule has 0 aliphatic carbocycles. The maximum Gasteiger partial charge on any atom is 0.186 e. The van der Waals surface area contributed by atoms with Crippen LogP contribution >= 0.6 is 11.3 Å². The molecule has 1 atom stereocenters. The first-order valence-electron chi connectivity index (χ1n) is 10.5. The highest BCUT2D eigenvalue weighted by molar-refractivity contribution is 7.22.